The van der Waals surface area contributed by atoms with Crippen molar-refractivity contribution in [1.82, 2.24) is 0 Å². The van der Waals surface area contributed by atoms with E-state index in [0.717, 1.165) is 11.3 Å². The second-order valence-corrected chi connectivity index (χ2v) is 5.39. The van der Waals surface area contributed by atoms with Crippen LogP contribution in [-0.4, -0.2) is 11.8 Å². The van der Waals surface area contributed by atoms with Gasteiger partial charge in [0.2, 0.25) is 0 Å². The van der Waals surface area contributed by atoms with E-state index in [1.165, 1.54) is 6.07 Å². The first-order valence-electron chi connectivity index (χ1n) is 7.01. The molecule has 1 unspecified atom stereocenters. The molecular weight excluding hydrogens is 267 g/mol. The lowest BCUT2D eigenvalue weighted by Gasteiger charge is -2.27. The predicted molar refractivity (Wildman–Crippen MR) is 82.1 cm³/mol. The van der Waals surface area contributed by atoms with E-state index in [0.29, 0.717) is 24.0 Å². The average Bonchev–Trinajstić information content (AvgIpc) is 2.48. The molecule has 2 aromatic rings. The van der Waals surface area contributed by atoms with Crippen LogP contribution in [0.5, 0.6) is 0 Å². The number of halogens is 1. The molecule has 0 heterocycles. The fraction of sp³-hybridized carbons (Fsp3) is 0.235. The number of benzene rings is 2. The number of Topliss-reactive ketones (excluding diaryl/α,β-unsaturated/α-hetero) is 1. The number of rotatable bonds is 2. The number of anilines is 2. The zero-order valence-electron chi connectivity index (χ0n) is 11.8. The molecule has 108 valence electrons. The second-order valence-electron chi connectivity index (χ2n) is 5.39. The number of carbonyl (C=O) groups excluding carboxylic acids is 1. The van der Waals surface area contributed by atoms with Crippen LogP contribution in [0.4, 0.5) is 15.8 Å². The van der Waals surface area contributed by atoms with Gasteiger partial charge in [-0.2, -0.15) is 0 Å². The zero-order chi connectivity index (χ0) is 15.0. The molecule has 0 bridgehead atoms. The highest BCUT2D eigenvalue weighted by atomic mass is 19.1. The number of ketones is 1. The molecule has 3 rings (SSSR count). The summed E-state index contributed by atoms with van der Waals surface area (Å²) in [4.78, 5) is 12.6. The standard InChI is InChI=1S/C17H17FN2O/c1-10-12-7-8-15(20-11-5-3-2-4-6-11)17(21)16(12)14(19)9-13(10)18/h2-6,9,15,20H,7-8,19H2,1H3. The number of nitrogens with one attached hydrogen (secondary N) is 1. The van der Waals surface area contributed by atoms with Crippen LogP contribution in [0.15, 0.2) is 36.4 Å². The van der Waals surface area contributed by atoms with Crippen molar-refractivity contribution in [2.24, 2.45) is 0 Å². The molecule has 0 saturated heterocycles. The van der Waals surface area contributed by atoms with Crippen molar-refractivity contribution in [1.29, 1.82) is 0 Å². The van der Waals surface area contributed by atoms with E-state index in [1.54, 1.807) is 6.92 Å². The smallest absolute Gasteiger partial charge is 0.187 e. The molecule has 0 radical (unpaired) electrons. The van der Waals surface area contributed by atoms with Crippen molar-refractivity contribution >= 4 is 17.2 Å². The Morgan fingerprint density at radius 1 is 1.29 bits per heavy atom. The zero-order valence-corrected chi connectivity index (χ0v) is 11.8. The minimum atomic E-state index is -0.339. The van der Waals surface area contributed by atoms with E-state index in [-0.39, 0.29) is 23.3 Å². The van der Waals surface area contributed by atoms with Crippen LogP contribution in [0.1, 0.15) is 27.9 Å². The third-order valence-electron chi connectivity index (χ3n) is 4.04. The molecular formula is C17H17FN2O. The van der Waals surface area contributed by atoms with Crippen molar-refractivity contribution < 1.29 is 9.18 Å². The molecule has 0 aliphatic heterocycles. The molecule has 1 atom stereocenters. The Bertz CT molecular complexity index is 698. The summed E-state index contributed by atoms with van der Waals surface area (Å²) in [5, 5.41) is 3.23. The van der Waals surface area contributed by atoms with Crippen molar-refractivity contribution in [3.05, 3.63) is 58.9 Å². The molecule has 1 aliphatic carbocycles. The van der Waals surface area contributed by atoms with Crippen LogP contribution in [-0.2, 0) is 6.42 Å². The van der Waals surface area contributed by atoms with E-state index >= 15 is 0 Å². The Labute approximate surface area is 123 Å². The maximum Gasteiger partial charge on any atom is 0.187 e. The van der Waals surface area contributed by atoms with Gasteiger partial charge in [0.05, 0.1) is 6.04 Å². The first-order chi connectivity index (χ1) is 10.1. The average molecular weight is 284 g/mol. The molecule has 0 amide bonds. The predicted octanol–water partition coefficient (Wildman–Crippen LogP) is 3.33. The summed E-state index contributed by atoms with van der Waals surface area (Å²) in [6, 6.07) is 10.5. The molecule has 21 heavy (non-hydrogen) atoms. The van der Waals surface area contributed by atoms with Gasteiger partial charge in [0, 0.05) is 16.9 Å². The Kier molecular flexibility index (Phi) is 3.37. The first-order valence-corrected chi connectivity index (χ1v) is 7.01. The van der Waals surface area contributed by atoms with Gasteiger partial charge in [0.25, 0.3) is 0 Å². The van der Waals surface area contributed by atoms with E-state index in [9.17, 15) is 9.18 Å². The Balaban J connectivity index is 1.94. The summed E-state index contributed by atoms with van der Waals surface area (Å²) in [5.41, 5.74) is 8.77. The molecule has 0 spiro atoms. The minimum absolute atomic E-state index is 0.0549. The van der Waals surface area contributed by atoms with Gasteiger partial charge in [-0.3, -0.25) is 4.79 Å². The lowest BCUT2D eigenvalue weighted by Crippen LogP contribution is -2.35. The summed E-state index contributed by atoms with van der Waals surface area (Å²) in [6.45, 7) is 1.70. The Hall–Kier alpha value is -2.36. The molecule has 1 aliphatic rings. The molecule has 0 fully saturated rings. The van der Waals surface area contributed by atoms with Gasteiger partial charge in [-0.1, -0.05) is 18.2 Å². The highest BCUT2D eigenvalue weighted by molar-refractivity contribution is 6.08. The van der Waals surface area contributed by atoms with E-state index in [2.05, 4.69) is 5.32 Å². The van der Waals surface area contributed by atoms with Gasteiger partial charge < -0.3 is 11.1 Å². The molecule has 3 nitrogen and oxygen atoms in total. The van der Waals surface area contributed by atoms with Gasteiger partial charge >= 0.3 is 0 Å². The third kappa shape index (κ3) is 2.37. The number of nitrogen functional groups attached to an aromatic ring is 1. The monoisotopic (exact) mass is 284 g/mol. The minimum Gasteiger partial charge on any atom is -0.398 e. The number of hydrogen-bond donors (Lipinski definition) is 2. The quantitative estimate of drug-likeness (QED) is 0.832. The van der Waals surface area contributed by atoms with E-state index in [1.807, 2.05) is 30.3 Å². The Morgan fingerprint density at radius 3 is 2.71 bits per heavy atom. The van der Waals surface area contributed by atoms with Gasteiger partial charge in [-0.05, 0) is 49.1 Å². The molecule has 3 N–H and O–H groups in total. The first kappa shape index (κ1) is 13.6. The summed E-state index contributed by atoms with van der Waals surface area (Å²) in [6.07, 6.45) is 1.30. The fourth-order valence-corrected chi connectivity index (χ4v) is 2.89. The summed E-state index contributed by atoms with van der Waals surface area (Å²) in [7, 11) is 0. The maximum atomic E-state index is 13.7. The van der Waals surface area contributed by atoms with Crippen LogP contribution >= 0.6 is 0 Å². The van der Waals surface area contributed by atoms with E-state index < -0.39 is 0 Å². The van der Waals surface area contributed by atoms with Crippen molar-refractivity contribution in [2.75, 3.05) is 11.1 Å². The molecule has 0 aromatic heterocycles. The summed E-state index contributed by atoms with van der Waals surface area (Å²) < 4.78 is 13.7. The van der Waals surface area contributed by atoms with Crippen LogP contribution in [0.25, 0.3) is 0 Å². The third-order valence-corrected chi connectivity index (χ3v) is 4.04. The molecule has 2 aromatic carbocycles. The number of fused-ring (bicyclic) bond motifs is 1. The SMILES string of the molecule is Cc1c(F)cc(N)c2c1CCC(Nc1ccccc1)C2=O. The Morgan fingerprint density at radius 2 is 2.00 bits per heavy atom. The number of hydrogen-bond acceptors (Lipinski definition) is 3. The highest BCUT2D eigenvalue weighted by Crippen LogP contribution is 2.31. The van der Waals surface area contributed by atoms with Gasteiger partial charge in [-0.25, -0.2) is 4.39 Å². The molecule has 0 saturated carbocycles. The topological polar surface area (TPSA) is 55.1 Å². The van der Waals surface area contributed by atoms with Gasteiger partial charge in [0.15, 0.2) is 5.78 Å². The normalized spacial score (nSPS) is 17.4. The molecule has 4 heteroatoms. The maximum absolute atomic E-state index is 13.7. The lowest BCUT2D eigenvalue weighted by molar-refractivity contribution is 0.0958. The second kappa shape index (κ2) is 5.20. The van der Waals surface area contributed by atoms with Gasteiger partial charge in [0.1, 0.15) is 5.82 Å². The van der Waals surface area contributed by atoms with Gasteiger partial charge in [-0.15, -0.1) is 0 Å². The van der Waals surface area contributed by atoms with Crippen molar-refractivity contribution in [2.45, 2.75) is 25.8 Å². The van der Waals surface area contributed by atoms with Crippen LogP contribution in [0, 0.1) is 12.7 Å². The van der Waals surface area contributed by atoms with Crippen LogP contribution in [0.3, 0.4) is 0 Å². The fourth-order valence-electron chi connectivity index (χ4n) is 2.89. The summed E-state index contributed by atoms with van der Waals surface area (Å²) in [5.74, 6) is -0.394. The number of para-hydroxylation sites is 1. The largest absolute Gasteiger partial charge is 0.398 e. The van der Waals surface area contributed by atoms with Crippen LogP contribution < -0.4 is 11.1 Å². The summed E-state index contributed by atoms with van der Waals surface area (Å²) >= 11 is 0. The van der Waals surface area contributed by atoms with Crippen molar-refractivity contribution in [3.63, 3.8) is 0 Å². The highest BCUT2D eigenvalue weighted by Gasteiger charge is 2.31. The van der Waals surface area contributed by atoms with Crippen LogP contribution in [0.2, 0.25) is 0 Å². The van der Waals surface area contributed by atoms with Crippen molar-refractivity contribution in [3.8, 4) is 0 Å². The number of nitrogens with two attached hydrogens (primary N) is 1. The lowest BCUT2D eigenvalue weighted by atomic mass is 9.83. The van der Waals surface area contributed by atoms with E-state index in [4.69, 9.17) is 5.73 Å². The number of carbonyl (C=O) groups is 1.